The van der Waals surface area contributed by atoms with Gasteiger partial charge in [0.25, 0.3) is 5.91 Å². The molecular formula is C18H28ClN3O2. The molecule has 5 nitrogen and oxygen atoms in total. The van der Waals surface area contributed by atoms with Crippen LogP contribution in [0.4, 0.5) is 0 Å². The molecule has 1 unspecified atom stereocenters. The summed E-state index contributed by atoms with van der Waals surface area (Å²) in [5.41, 5.74) is 7.36. The summed E-state index contributed by atoms with van der Waals surface area (Å²) in [6, 6.07) is 7.48. The maximum atomic E-state index is 12.2. The van der Waals surface area contributed by atoms with Gasteiger partial charge in [0.05, 0.1) is 0 Å². The summed E-state index contributed by atoms with van der Waals surface area (Å²) in [5, 5.41) is 3.01. The predicted molar refractivity (Wildman–Crippen MR) is 98.0 cm³/mol. The van der Waals surface area contributed by atoms with Crippen molar-refractivity contribution in [1.82, 2.24) is 10.2 Å². The maximum Gasteiger partial charge on any atom is 0.251 e. The van der Waals surface area contributed by atoms with Crippen LogP contribution in [-0.4, -0.2) is 36.3 Å². The number of carbonyl (C=O) groups is 2. The van der Waals surface area contributed by atoms with Crippen molar-refractivity contribution >= 4 is 24.2 Å². The van der Waals surface area contributed by atoms with E-state index < -0.39 is 0 Å². The van der Waals surface area contributed by atoms with Crippen LogP contribution in [0.2, 0.25) is 0 Å². The lowest BCUT2D eigenvalue weighted by molar-refractivity contribution is -0.133. The van der Waals surface area contributed by atoms with E-state index in [4.69, 9.17) is 5.73 Å². The Bertz CT molecular complexity index is 556. The Morgan fingerprint density at radius 1 is 1.25 bits per heavy atom. The zero-order valence-electron chi connectivity index (χ0n) is 14.6. The Hall–Kier alpha value is -1.59. The molecule has 1 fully saturated rings. The first-order valence-electron chi connectivity index (χ1n) is 8.27. The first kappa shape index (κ1) is 20.5. The van der Waals surface area contributed by atoms with Crippen molar-refractivity contribution in [2.45, 2.75) is 39.3 Å². The molecule has 1 aliphatic rings. The number of nitrogens with two attached hydrogens (primary N) is 1. The van der Waals surface area contributed by atoms with Gasteiger partial charge in [0.2, 0.25) is 5.91 Å². The number of nitrogens with zero attached hydrogens (tertiary/aromatic N) is 1. The van der Waals surface area contributed by atoms with Crippen molar-refractivity contribution in [3.63, 3.8) is 0 Å². The number of rotatable bonds is 7. The van der Waals surface area contributed by atoms with Gasteiger partial charge in [-0.1, -0.05) is 26.0 Å². The van der Waals surface area contributed by atoms with E-state index >= 15 is 0 Å². The normalized spacial score (nSPS) is 14.7. The number of halogens is 1. The molecule has 3 N–H and O–H groups in total. The standard InChI is InChI=1S/C18H27N3O2.ClH/c1-12(2)18(23)21(3)11-13-4-6-15(7-5-13)17(22)20-16(10-19)14-8-9-14;/h4-7,12,14,16H,8-11,19H2,1-3H3,(H,20,22);1H. The molecular weight excluding hydrogens is 326 g/mol. The monoisotopic (exact) mass is 353 g/mol. The molecule has 24 heavy (non-hydrogen) atoms. The molecule has 0 bridgehead atoms. The predicted octanol–water partition coefficient (Wildman–Crippen LogP) is 2.19. The van der Waals surface area contributed by atoms with Gasteiger partial charge in [-0.25, -0.2) is 0 Å². The fourth-order valence-electron chi connectivity index (χ4n) is 2.67. The molecule has 1 atom stereocenters. The van der Waals surface area contributed by atoms with Crippen molar-refractivity contribution < 1.29 is 9.59 Å². The Morgan fingerprint density at radius 3 is 2.29 bits per heavy atom. The van der Waals surface area contributed by atoms with Gasteiger partial charge in [-0.2, -0.15) is 0 Å². The molecule has 0 aliphatic heterocycles. The number of benzene rings is 1. The SMILES string of the molecule is CC(C)C(=O)N(C)Cc1ccc(C(=O)NC(CN)C2CC2)cc1.Cl. The van der Waals surface area contributed by atoms with E-state index in [1.165, 1.54) is 0 Å². The molecule has 2 rings (SSSR count). The maximum absolute atomic E-state index is 12.2. The van der Waals surface area contributed by atoms with Crippen molar-refractivity contribution in [3.8, 4) is 0 Å². The quantitative estimate of drug-likeness (QED) is 0.789. The highest BCUT2D eigenvalue weighted by atomic mass is 35.5. The highest BCUT2D eigenvalue weighted by Gasteiger charge is 2.31. The molecule has 2 amide bonds. The lowest BCUT2D eigenvalue weighted by Crippen LogP contribution is -2.41. The Labute approximate surface area is 150 Å². The minimum absolute atomic E-state index is 0. The highest BCUT2D eigenvalue weighted by molar-refractivity contribution is 5.94. The van der Waals surface area contributed by atoms with Crippen molar-refractivity contribution in [2.75, 3.05) is 13.6 Å². The van der Waals surface area contributed by atoms with Crippen molar-refractivity contribution in [2.24, 2.45) is 17.6 Å². The van der Waals surface area contributed by atoms with Crippen molar-refractivity contribution in [3.05, 3.63) is 35.4 Å². The largest absolute Gasteiger partial charge is 0.348 e. The highest BCUT2D eigenvalue weighted by Crippen LogP contribution is 2.32. The summed E-state index contributed by atoms with van der Waals surface area (Å²) < 4.78 is 0. The third kappa shape index (κ3) is 5.49. The molecule has 0 heterocycles. The van der Waals surface area contributed by atoms with Crippen LogP contribution in [0, 0.1) is 11.8 Å². The second-order valence-corrected chi connectivity index (χ2v) is 6.70. The third-order valence-electron chi connectivity index (χ3n) is 4.27. The van der Waals surface area contributed by atoms with Gasteiger partial charge in [0.15, 0.2) is 0 Å². The molecule has 1 aromatic carbocycles. The zero-order chi connectivity index (χ0) is 17.0. The molecule has 134 valence electrons. The van der Waals surface area contributed by atoms with E-state index in [0.29, 0.717) is 24.6 Å². The fraction of sp³-hybridized carbons (Fsp3) is 0.556. The van der Waals surface area contributed by atoms with Gasteiger partial charge in [0, 0.05) is 37.7 Å². The van der Waals surface area contributed by atoms with Gasteiger partial charge in [-0.3, -0.25) is 9.59 Å². The Morgan fingerprint density at radius 2 is 1.83 bits per heavy atom. The van der Waals surface area contributed by atoms with E-state index in [1.807, 2.05) is 26.0 Å². The number of amides is 2. The van der Waals surface area contributed by atoms with E-state index in [0.717, 1.165) is 18.4 Å². The van der Waals surface area contributed by atoms with Gasteiger partial charge in [-0.05, 0) is 36.5 Å². The second-order valence-electron chi connectivity index (χ2n) is 6.70. The van der Waals surface area contributed by atoms with Crippen LogP contribution in [0.5, 0.6) is 0 Å². The lowest BCUT2D eigenvalue weighted by atomic mass is 10.1. The lowest BCUT2D eigenvalue weighted by Gasteiger charge is -2.20. The first-order valence-corrected chi connectivity index (χ1v) is 8.27. The topological polar surface area (TPSA) is 75.4 Å². The van der Waals surface area contributed by atoms with Crippen LogP contribution < -0.4 is 11.1 Å². The minimum atomic E-state index is -0.0782. The van der Waals surface area contributed by atoms with Gasteiger partial charge in [0.1, 0.15) is 0 Å². The van der Waals surface area contributed by atoms with Gasteiger partial charge >= 0.3 is 0 Å². The summed E-state index contributed by atoms with van der Waals surface area (Å²) in [4.78, 5) is 25.8. The molecule has 1 saturated carbocycles. The number of hydrogen-bond donors (Lipinski definition) is 2. The summed E-state index contributed by atoms with van der Waals surface area (Å²) >= 11 is 0. The van der Waals surface area contributed by atoms with Crippen molar-refractivity contribution in [1.29, 1.82) is 0 Å². The summed E-state index contributed by atoms with van der Waals surface area (Å²) in [6.45, 7) is 4.81. The molecule has 0 aromatic heterocycles. The number of nitrogens with one attached hydrogen (secondary N) is 1. The van der Waals surface area contributed by atoms with E-state index in [9.17, 15) is 9.59 Å². The second kappa shape index (κ2) is 9.04. The molecule has 1 aliphatic carbocycles. The average molecular weight is 354 g/mol. The van der Waals surface area contributed by atoms with Gasteiger partial charge in [-0.15, -0.1) is 12.4 Å². The summed E-state index contributed by atoms with van der Waals surface area (Å²) in [7, 11) is 1.80. The first-order chi connectivity index (χ1) is 10.9. The van der Waals surface area contributed by atoms with E-state index in [1.54, 1.807) is 24.1 Å². The Kier molecular flexibility index (Phi) is 7.70. The molecule has 0 spiro atoms. The Balaban J connectivity index is 0.00000288. The molecule has 6 heteroatoms. The van der Waals surface area contributed by atoms with E-state index in [2.05, 4.69) is 5.32 Å². The zero-order valence-corrected chi connectivity index (χ0v) is 15.4. The van der Waals surface area contributed by atoms with Crippen LogP contribution >= 0.6 is 12.4 Å². The average Bonchev–Trinajstić information content (AvgIpc) is 3.36. The fourth-order valence-corrected chi connectivity index (χ4v) is 2.67. The van der Waals surface area contributed by atoms with Gasteiger partial charge < -0.3 is 16.0 Å². The summed E-state index contributed by atoms with van der Waals surface area (Å²) in [6.07, 6.45) is 2.30. The van der Waals surface area contributed by atoms with Crippen LogP contribution in [0.25, 0.3) is 0 Å². The molecule has 0 saturated heterocycles. The smallest absolute Gasteiger partial charge is 0.251 e. The van der Waals surface area contributed by atoms with Crippen LogP contribution in [-0.2, 0) is 11.3 Å². The van der Waals surface area contributed by atoms with Crippen LogP contribution in [0.3, 0.4) is 0 Å². The minimum Gasteiger partial charge on any atom is -0.348 e. The third-order valence-corrected chi connectivity index (χ3v) is 4.27. The van der Waals surface area contributed by atoms with Crippen LogP contribution in [0.15, 0.2) is 24.3 Å². The van der Waals surface area contributed by atoms with E-state index in [-0.39, 0.29) is 36.2 Å². The number of carbonyl (C=O) groups excluding carboxylic acids is 2. The van der Waals surface area contributed by atoms with Crippen LogP contribution in [0.1, 0.15) is 42.6 Å². The number of hydrogen-bond acceptors (Lipinski definition) is 3. The summed E-state index contributed by atoms with van der Waals surface area (Å²) in [5.74, 6) is 0.562. The molecule has 0 radical (unpaired) electrons. The molecule has 1 aromatic rings.